The molecule has 102 valence electrons. The zero-order chi connectivity index (χ0) is 13.8. The summed E-state index contributed by atoms with van der Waals surface area (Å²) in [5.41, 5.74) is 2.30. The summed E-state index contributed by atoms with van der Waals surface area (Å²) < 4.78 is 0. The van der Waals surface area contributed by atoms with Gasteiger partial charge in [-0.25, -0.2) is 9.97 Å². The van der Waals surface area contributed by atoms with Crippen LogP contribution in [-0.4, -0.2) is 16.5 Å². The summed E-state index contributed by atoms with van der Waals surface area (Å²) in [5, 5.41) is 3.35. The van der Waals surface area contributed by atoms with E-state index in [2.05, 4.69) is 50.1 Å². The predicted octanol–water partition coefficient (Wildman–Crippen LogP) is 4.07. The molecule has 0 saturated carbocycles. The van der Waals surface area contributed by atoms with Gasteiger partial charge in [0.25, 0.3) is 0 Å². The van der Waals surface area contributed by atoms with E-state index in [0.717, 1.165) is 41.6 Å². The Labute approximate surface area is 119 Å². The summed E-state index contributed by atoms with van der Waals surface area (Å²) in [5.74, 6) is 1.83. The normalized spacial score (nSPS) is 10.7. The quantitative estimate of drug-likeness (QED) is 0.894. The van der Waals surface area contributed by atoms with Gasteiger partial charge in [-0.15, -0.1) is 11.3 Å². The van der Waals surface area contributed by atoms with E-state index in [1.165, 1.54) is 10.4 Å². The minimum atomic E-state index is 0.843. The molecule has 0 amide bonds. The number of hydrogen-bond donors (Lipinski definition) is 1. The van der Waals surface area contributed by atoms with Gasteiger partial charge in [0.2, 0.25) is 0 Å². The zero-order valence-corrected chi connectivity index (χ0v) is 12.9. The summed E-state index contributed by atoms with van der Waals surface area (Å²) in [6.07, 6.45) is 2.02. The van der Waals surface area contributed by atoms with Gasteiger partial charge in [0.15, 0.2) is 5.82 Å². The molecule has 2 aromatic heterocycles. The molecule has 0 atom stereocenters. The Morgan fingerprint density at radius 3 is 2.47 bits per heavy atom. The summed E-state index contributed by atoms with van der Waals surface area (Å²) in [4.78, 5) is 11.9. The van der Waals surface area contributed by atoms with E-state index < -0.39 is 0 Å². The SMILES string of the molecule is CCNc1nc(-c2ccc(CC)s2)nc(C)c1CC. The van der Waals surface area contributed by atoms with Crippen molar-refractivity contribution in [3.63, 3.8) is 0 Å². The maximum Gasteiger partial charge on any atom is 0.171 e. The van der Waals surface area contributed by atoms with Crippen molar-refractivity contribution in [3.8, 4) is 10.7 Å². The summed E-state index contributed by atoms with van der Waals surface area (Å²) in [7, 11) is 0. The lowest BCUT2D eigenvalue weighted by molar-refractivity contribution is 0.991. The third-order valence-corrected chi connectivity index (χ3v) is 4.37. The molecule has 0 aliphatic rings. The van der Waals surface area contributed by atoms with Crippen molar-refractivity contribution in [2.24, 2.45) is 0 Å². The van der Waals surface area contributed by atoms with Crippen LogP contribution < -0.4 is 5.32 Å². The van der Waals surface area contributed by atoms with Crippen LogP contribution in [0.5, 0.6) is 0 Å². The number of aromatic nitrogens is 2. The van der Waals surface area contributed by atoms with Gasteiger partial charge >= 0.3 is 0 Å². The van der Waals surface area contributed by atoms with Gasteiger partial charge in [-0.3, -0.25) is 0 Å². The highest BCUT2D eigenvalue weighted by Crippen LogP contribution is 2.28. The van der Waals surface area contributed by atoms with Crippen molar-refractivity contribution in [1.82, 2.24) is 9.97 Å². The Bertz CT molecular complexity index is 561. The van der Waals surface area contributed by atoms with Crippen molar-refractivity contribution >= 4 is 17.2 Å². The minimum Gasteiger partial charge on any atom is -0.370 e. The Morgan fingerprint density at radius 2 is 1.89 bits per heavy atom. The van der Waals surface area contributed by atoms with Crippen molar-refractivity contribution in [2.45, 2.75) is 40.5 Å². The Balaban J connectivity index is 2.46. The number of nitrogens with zero attached hydrogens (tertiary/aromatic N) is 2. The average Bonchev–Trinajstić information content (AvgIpc) is 2.87. The van der Waals surface area contributed by atoms with Gasteiger partial charge in [-0.1, -0.05) is 13.8 Å². The molecular formula is C15H21N3S. The number of thiophene rings is 1. The Kier molecular flexibility index (Phi) is 4.53. The predicted molar refractivity (Wildman–Crippen MR) is 83.0 cm³/mol. The molecule has 0 aliphatic carbocycles. The Morgan fingerprint density at radius 1 is 1.11 bits per heavy atom. The fourth-order valence-corrected chi connectivity index (χ4v) is 3.01. The molecule has 2 rings (SSSR count). The highest BCUT2D eigenvalue weighted by molar-refractivity contribution is 7.15. The van der Waals surface area contributed by atoms with Gasteiger partial charge in [0, 0.05) is 22.7 Å². The molecule has 3 nitrogen and oxygen atoms in total. The average molecular weight is 275 g/mol. The van der Waals surface area contributed by atoms with Crippen LogP contribution in [0.25, 0.3) is 10.7 Å². The number of nitrogens with one attached hydrogen (secondary N) is 1. The van der Waals surface area contributed by atoms with Crippen LogP contribution in [0.15, 0.2) is 12.1 Å². The molecule has 0 radical (unpaired) electrons. The topological polar surface area (TPSA) is 37.8 Å². The van der Waals surface area contributed by atoms with Crippen LogP contribution in [0.2, 0.25) is 0 Å². The van der Waals surface area contributed by atoms with Crippen LogP contribution >= 0.6 is 11.3 Å². The van der Waals surface area contributed by atoms with Crippen molar-refractivity contribution in [3.05, 3.63) is 28.3 Å². The smallest absolute Gasteiger partial charge is 0.171 e. The maximum absolute atomic E-state index is 4.70. The molecule has 0 spiro atoms. The molecule has 19 heavy (non-hydrogen) atoms. The largest absolute Gasteiger partial charge is 0.370 e. The molecular weight excluding hydrogens is 254 g/mol. The van der Waals surface area contributed by atoms with Gasteiger partial charge < -0.3 is 5.32 Å². The van der Waals surface area contributed by atoms with Crippen LogP contribution in [0, 0.1) is 6.92 Å². The molecule has 2 heterocycles. The van der Waals surface area contributed by atoms with Gasteiger partial charge in [0.1, 0.15) is 5.82 Å². The number of rotatable bonds is 5. The second kappa shape index (κ2) is 6.15. The van der Waals surface area contributed by atoms with Crippen LogP contribution in [0.4, 0.5) is 5.82 Å². The van der Waals surface area contributed by atoms with Crippen molar-refractivity contribution < 1.29 is 0 Å². The fraction of sp³-hybridized carbons (Fsp3) is 0.467. The molecule has 0 aliphatic heterocycles. The molecule has 0 aromatic carbocycles. The van der Waals surface area contributed by atoms with E-state index in [9.17, 15) is 0 Å². The molecule has 2 aromatic rings. The monoisotopic (exact) mass is 275 g/mol. The summed E-state index contributed by atoms with van der Waals surface area (Å²) in [6.45, 7) is 9.36. The van der Waals surface area contributed by atoms with Crippen molar-refractivity contribution in [2.75, 3.05) is 11.9 Å². The first-order valence-corrected chi connectivity index (χ1v) is 7.71. The zero-order valence-electron chi connectivity index (χ0n) is 12.1. The first-order chi connectivity index (χ1) is 9.19. The molecule has 0 bridgehead atoms. The van der Waals surface area contributed by atoms with Gasteiger partial charge in [-0.05, 0) is 38.8 Å². The minimum absolute atomic E-state index is 0.843. The lowest BCUT2D eigenvalue weighted by Crippen LogP contribution is -2.07. The molecule has 4 heteroatoms. The van der Waals surface area contributed by atoms with E-state index in [0.29, 0.717) is 0 Å². The van der Waals surface area contributed by atoms with E-state index >= 15 is 0 Å². The molecule has 0 fully saturated rings. The second-order valence-electron chi connectivity index (χ2n) is 4.46. The lowest BCUT2D eigenvalue weighted by Gasteiger charge is -2.12. The van der Waals surface area contributed by atoms with E-state index in [4.69, 9.17) is 4.98 Å². The summed E-state index contributed by atoms with van der Waals surface area (Å²) in [6, 6.07) is 4.29. The van der Waals surface area contributed by atoms with E-state index in [1.807, 2.05) is 0 Å². The van der Waals surface area contributed by atoms with Crippen LogP contribution in [0.1, 0.15) is 36.9 Å². The highest BCUT2D eigenvalue weighted by Gasteiger charge is 2.12. The first kappa shape index (κ1) is 14.0. The highest BCUT2D eigenvalue weighted by atomic mass is 32.1. The van der Waals surface area contributed by atoms with Crippen molar-refractivity contribution in [1.29, 1.82) is 0 Å². The van der Waals surface area contributed by atoms with Gasteiger partial charge in [0.05, 0.1) is 4.88 Å². The Hall–Kier alpha value is -1.42. The van der Waals surface area contributed by atoms with Gasteiger partial charge in [-0.2, -0.15) is 0 Å². The number of hydrogen-bond acceptors (Lipinski definition) is 4. The standard InChI is InChI=1S/C15H21N3S/c1-5-11-8-9-13(19-11)15-17-10(4)12(6-2)14(18-15)16-7-3/h8-9H,5-7H2,1-4H3,(H,16,17,18). The number of aryl methyl sites for hydroxylation is 2. The third kappa shape index (κ3) is 2.95. The fourth-order valence-electron chi connectivity index (χ4n) is 2.13. The van der Waals surface area contributed by atoms with Crippen LogP contribution in [0.3, 0.4) is 0 Å². The lowest BCUT2D eigenvalue weighted by atomic mass is 10.1. The van der Waals surface area contributed by atoms with Crippen LogP contribution in [-0.2, 0) is 12.8 Å². The molecule has 0 unspecified atom stereocenters. The molecule has 1 N–H and O–H groups in total. The summed E-state index contributed by atoms with van der Waals surface area (Å²) >= 11 is 1.78. The maximum atomic E-state index is 4.70. The number of anilines is 1. The molecule has 0 saturated heterocycles. The van der Waals surface area contributed by atoms with E-state index in [1.54, 1.807) is 11.3 Å². The van der Waals surface area contributed by atoms with E-state index in [-0.39, 0.29) is 0 Å². The third-order valence-electron chi connectivity index (χ3n) is 3.14. The first-order valence-electron chi connectivity index (χ1n) is 6.90. The second-order valence-corrected chi connectivity index (χ2v) is 5.63.